The van der Waals surface area contributed by atoms with E-state index >= 15 is 0 Å². The number of benzene rings is 2. The van der Waals surface area contributed by atoms with E-state index in [9.17, 15) is 9.59 Å². The minimum absolute atomic E-state index is 0.0486. The zero-order chi connectivity index (χ0) is 19.8. The van der Waals surface area contributed by atoms with Gasteiger partial charge in [-0.3, -0.25) is 14.6 Å². The second kappa shape index (κ2) is 9.65. The number of amides is 2. The summed E-state index contributed by atoms with van der Waals surface area (Å²) in [6.07, 6.45) is 3.79. The molecule has 5 nitrogen and oxygen atoms in total. The van der Waals surface area contributed by atoms with Gasteiger partial charge in [0.05, 0.1) is 11.2 Å². The standard InChI is InChI=1S/C23H25N3O2/c1-18(27)26(21-13-5-11-20-12-7-16-25-23(20)21)17-14-22(28)24-15-6-10-19-8-3-2-4-9-19/h2-5,7-9,11-13,16H,6,10,14-15,17H2,1H3,(H,24,28). The Bertz CT molecular complexity index is 935. The fourth-order valence-electron chi connectivity index (χ4n) is 3.22. The molecule has 0 radical (unpaired) electrons. The van der Waals surface area contributed by atoms with Crippen molar-refractivity contribution in [3.63, 3.8) is 0 Å². The normalized spacial score (nSPS) is 10.6. The Morgan fingerprint density at radius 2 is 1.79 bits per heavy atom. The molecule has 0 aliphatic rings. The molecule has 0 aliphatic carbocycles. The first kappa shape index (κ1) is 19.5. The Morgan fingerprint density at radius 3 is 2.57 bits per heavy atom. The summed E-state index contributed by atoms with van der Waals surface area (Å²) in [6, 6.07) is 19.8. The number of carbonyl (C=O) groups excluding carboxylic acids is 2. The lowest BCUT2D eigenvalue weighted by Crippen LogP contribution is -2.34. The van der Waals surface area contributed by atoms with Crippen molar-refractivity contribution in [1.29, 1.82) is 0 Å². The second-order valence-electron chi connectivity index (χ2n) is 6.71. The monoisotopic (exact) mass is 375 g/mol. The largest absolute Gasteiger partial charge is 0.356 e. The van der Waals surface area contributed by atoms with Crippen molar-refractivity contribution in [2.75, 3.05) is 18.0 Å². The molecule has 0 atom stereocenters. The van der Waals surface area contributed by atoms with E-state index in [-0.39, 0.29) is 18.2 Å². The number of nitrogens with one attached hydrogen (secondary N) is 1. The fraction of sp³-hybridized carbons (Fsp3) is 0.261. The van der Waals surface area contributed by atoms with E-state index in [1.807, 2.05) is 48.5 Å². The smallest absolute Gasteiger partial charge is 0.223 e. The first-order chi connectivity index (χ1) is 13.6. The predicted octanol–water partition coefficient (Wildman–Crippen LogP) is 3.73. The van der Waals surface area contributed by atoms with Gasteiger partial charge in [-0.2, -0.15) is 0 Å². The van der Waals surface area contributed by atoms with Gasteiger partial charge in [-0.15, -0.1) is 0 Å². The Labute approximate surface area is 165 Å². The molecular weight excluding hydrogens is 350 g/mol. The molecule has 3 aromatic rings. The molecule has 1 N–H and O–H groups in total. The van der Waals surface area contributed by atoms with Crippen LogP contribution in [0.5, 0.6) is 0 Å². The van der Waals surface area contributed by atoms with E-state index in [0.717, 1.165) is 29.4 Å². The van der Waals surface area contributed by atoms with Crippen molar-refractivity contribution >= 4 is 28.4 Å². The van der Waals surface area contributed by atoms with Crippen LogP contribution < -0.4 is 10.2 Å². The lowest BCUT2D eigenvalue weighted by molar-refractivity contribution is -0.121. The van der Waals surface area contributed by atoms with Crippen LogP contribution in [0, 0.1) is 0 Å². The molecule has 0 spiro atoms. The number of para-hydroxylation sites is 1. The second-order valence-corrected chi connectivity index (χ2v) is 6.71. The summed E-state index contributed by atoms with van der Waals surface area (Å²) in [5.74, 6) is -0.150. The number of fused-ring (bicyclic) bond motifs is 1. The topological polar surface area (TPSA) is 62.3 Å². The van der Waals surface area contributed by atoms with Crippen LogP contribution in [0.1, 0.15) is 25.3 Å². The van der Waals surface area contributed by atoms with Crippen LogP contribution >= 0.6 is 0 Å². The molecule has 0 saturated heterocycles. The van der Waals surface area contributed by atoms with Crippen molar-refractivity contribution in [2.24, 2.45) is 0 Å². The molecular formula is C23H25N3O2. The maximum atomic E-state index is 12.2. The Morgan fingerprint density at radius 1 is 1.00 bits per heavy atom. The van der Waals surface area contributed by atoms with Crippen LogP contribution in [-0.2, 0) is 16.0 Å². The third-order valence-electron chi connectivity index (χ3n) is 4.65. The van der Waals surface area contributed by atoms with Crippen LogP contribution in [0.25, 0.3) is 10.9 Å². The molecule has 0 aliphatic heterocycles. The van der Waals surface area contributed by atoms with Crippen LogP contribution in [-0.4, -0.2) is 29.9 Å². The highest BCUT2D eigenvalue weighted by Gasteiger charge is 2.16. The number of anilines is 1. The van der Waals surface area contributed by atoms with E-state index in [1.54, 1.807) is 11.1 Å². The van der Waals surface area contributed by atoms with Crippen LogP contribution in [0.3, 0.4) is 0 Å². The van der Waals surface area contributed by atoms with Gasteiger partial charge in [0.15, 0.2) is 0 Å². The molecule has 2 amide bonds. The molecule has 1 aromatic heterocycles. The van der Waals surface area contributed by atoms with Gasteiger partial charge >= 0.3 is 0 Å². The summed E-state index contributed by atoms with van der Waals surface area (Å²) in [7, 11) is 0. The van der Waals surface area contributed by atoms with Gasteiger partial charge in [0.1, 0.15) is 0 Å². The minimum atomic E-state index is -0.102. The zero-order valence-corrected chi connectivity index (χ0v) is 16.1. The third-order valence-corrected chi connectivity index (χ3v) is 4.65. The fourth-order valence-corrected chi connectivity index (χ4v) is 3.22. The number of pyridine rings is 1. The Hall–Kier alpha value is -3.21. The average Bonchev–Trinajstić information content (AvgIpc) is 2.72. The minimum Gasteiger partial charge on any atom is -0.356 e. The predicted molar refractivity (Wildman–Crippen MR) is 112 cm³/mol. The molecule has 5 heteroatoms. The van der Waals surface area contributed by atoms with Crippen molar-refractivity contribution in [3.05, 3.63) is 72.4 Å². The van der Waals surface area contributed by atoms with E-state index < -0.39 is 0 Å². The van der Waals surface area contributed by atoms with Gasteiger partial charge in [-0.05, 0) is 30.5 Å². The molecule has 0 unspecified atom stereocenters. The number of hydrogen-bond donors (Lipinski definition) is 1. The number of hydrogen-bond acceptors (Lipinski definition) is 3. The van der Waals surface area contributed by atoms with E-state index in [0.29, 0.717) is 13.1 Å². The summed E-state index contributed by atoms with van der Waals surface area (Å²) < 4.78 is 0. The van der Waals surface area contributed by atoms with Crippen molar-refractivity contribution in [3.8, 4) is 0 Å². The van der Waals surface area contributed by atoms with Gasteiger partial charge in [-0.1, -0.05) is 48.5 Å². The highest BCUT2D eigenvalue weighted by molar-refractivity contribution is 6.01. The lowest BCUT2D eigenvalue weighted by atomic mass is 10.1. The van der Waals surface area contributed by atoms with Crippen molar-refractivity contribution in [1.82, 2.24) is 10.3 Å². The Kier molecular flexibility index (Phi) is 6.73. The van der Waals surface area contributed by atoms with Crippen molar-refractivity contribution < 1.29 is 9.59 Å². The Balaban J connectivity index is 1.53. The van der Waals surface area contributed by atoms with Crippen LogP contribution in [0.15, 0.2) is 66.9 Å². The number of aromatic nitrogens is 1. The number of nitrogens with zero attached hydrogens (tertiary/aromatic N) is 2. The van der Waals surface area contributed by atoms with E-state index in [4.69, 9.17) is 0 Å². The van der Waals surface area contributed by atoms with Gasteiger partial charge in [-0.25, -0.2) is 0 Å². The molecule has 0 bridgehead atoms. The first-order valence-corrected chi connectivity index (χ1v) is 9.57. The summed E-state index contributed by atoms with van der Waals surface area (Å²) in [5, 5.41) is 3.91. The molecule has 0 fully saturated rings. The molecule has 0 saturated carbocycles. The summed E-state index contributed by atoms with van der Waals surface area (Å²) >= 11 is 0. The zero-order valence-electron chi connectivity index (χ0n) is 16.1. The van der Waals surface area contributed by atoms with Gasteiger partial charge in [0.25, 0.3) is 0 Å². The molecule has 3 rings (SSSR count). The van der Waals surface area contributed by atoms with Crippen LogP contribution in [0.4, 0.5) is 5.69 Å². The first-order valence-electron chi connectivity index (χ1n) is 9.57. The lowest BCUT2D eigenvalue weighted by Gasteiger charge is -2.22. The molecule has 28 heavy (non-hydrogen) atoms. The maximum Gasteiger partial charge on any atom is 0.223 e. The van der Waals surface area contributed by atoms with E-state index in [2.05, 4.69) is 22.4 Å². The summed E-state index contributed by atoms with van der Waals surface area (Å²) in [4.78, 5) is 30.4. The van der Waals surface area contributed by atoms with Gasteiger partial charge in [0, 0.05) is 38.0 Å². The SMILES string of the molecule is CC(=O)N(CCC(=O)NCCCc1ccccc1)c1cccc2cccnc12. The maximum absolute atomic E-state index is 12.2. The summed E-state index contributed by atoms with van der Waals surface area (Å²) in [6.45, 7) is 2.47. The van der Waals surface area contributed by atoms with Crippen LogP contribution in [0.2, 0.25) is 0 Å². The highest BCUT2D eigenvalue weighted by Crippen LogP contribution is 2.25. The van der Waals surface area contributed by atoms with Gasteiger partial charge < -0.3 is 10.2 Å². The summed E-state index contributed by atoms with van der Waals surface area (Å²) in [5.41, 5.74) is 2.77. The average molecular weight is 375 g/mol. The quantitative estimate of drug-likeness (QED) is 0.610. The van der Waals surface area contributed by atoms with Gasteiger partial charge in [0.2, 0.25) is 11.8 Å². The third kappa shape index (κ3) is 5.16. The number of carbonyl (C=O) groups is 2. The molecule has 2 aromatic carbocycles. The highest BCUT2D eigenvalue weighted by atomic mass is 16.2. The number of aryl methyl sites for hydroxylation is 1. The molecule has 144 valence electrons. The molecule has 1 heterocycles. The van der Waals surface area contributed by atoms with Crippen molar-refractivity contribution in [2.45, 2.75) is 26.2 Å². The number of rotatable bonds is 8. The van der Waals surface area contributed by atoms with E-state index in [1.165, 1.54) is 12.5 Å².